The second kappa shape index (κ2) is 6.39. The number of rotatable bonds is 5. The van der Waals surface area contributed by atoms with Crippen LogP contribution in [0.5, 0.6) is 0 Å². The molecule has 1 heterocycles. The summed E-state index contributed by atoms with van der Waals surface area (Å²) < 4.78 is 5.43. The first-order valence-electron chi connectivity index (χ1n) is 5.48. The van der Waals surface area contributed by atoms with Crippen LogP contribution in [-0.4, -0.2) is 29.5 Å². The molecule has 0 amide bonds. The van der Waals surface area contributed by atoms with Gasteiger partial charge in [0, 0.05) is 29.5 Å². The molecule has 84 valence electrons. The summed E-state index contributed by atoms with van der Waals surface area (Å²) in [6.45, 7) is 6.49. The zero-order chi connectivity index (χ0) is 10.4. The van der Waals surface area contributed by atoms with Crippen molar-refractivity contribution in [1.82, 2.24) is 0 Å². The average Bonchev–Trinajstić information content (AvgIpc) is 2.27. The fraction of sp³-hybridized carbons (Fsp3) is 1.00. The van der Waals surface area contributed by atoms with Gasteiger partial charge in [-0.3, -0.25) is 0 Å². The van der Waals surface area contributed by atoms with Crippen LogP contribution in [-0.2, 0) is 4.74 Å². The highest BCUT2D eigenvalue weighted by molar-refractivity contribution is 9.09. The van der Waals surface area contributed by atoms with Crippen molar-refractivity contribution in [3.8, 4) is 0 Å². The first kappa shape index (κ1) is 12.9. The van der Waals surface area contributed by atoms with Gasteiger partial charge in [0.25, 0.3) is 0 Å². The van der Waals surface area contributed by atoms with Gasteiger partial charge in [0.1, 0.15) is 0 Å². The highest BCUT2D eigenvalue weighted by Gasteiger charge is 2.31. The van der Waals surface area contributed by atoms with Gasteiger partial charge in [-0.1, -0.05) is 29.8 Å². The van der Waals surface area contributed by atoms with Crippen molar-refractivity contribution < 1.29 is 4.74 Å². The van der Waals surface area contributed by atoms with Crippen LogP contribution in [0, 0.1) is 5.41 Å². The smallest absolute Gasteiger partial charge is 0.0471 e. The summed E-state index contributed by atoms with van der Waals surface area (Å²) in [5, 5.41) is 1.93. The molecule has 1 aliphatic heterocycles. The van der Waals surface area contributed by atoms with E-state index in [1.165, 1.54) is 25.0 Å². The van der Waals surface area contributed by atoms with Gasteiger partial charge in [-0.05, 0) is 24.7 Å². The minimum absolute atomic E-state index is 0.506. The van der Waals surface area contributed by atoms with Gasteiger partial charge in [-0.15, -0.1) is 0 Å². The SMILES string of the molecule is CCC(C)SCC1(CBr)CCOCC1. The fourth-order valence-corrected chi connectivity index (χ4v) is 3.84. The number of halogens is 1. The molecular formula is C11H21BrOS. The molecule has 0 aromatic heterocycles. The molecule has 0 aromatic rings. The van der Waals surface area contributed by atoms with Crippen molar-refractivity contribution in [2.75, 3.05) is 24.3 Å². The Balaban J connectivity index is 2.36. The number of hydrogen-bond acceptors (Lipinski definition) is 2. The van der Waals surface area contributed by atoms with E-state index in [9.17, 15) is 0 Å². The van der Waals surface area contributed by atoms with Gasteiger partial charge < -0.3 is 4.74 Å². The van der Waals surface area contributed by atoms with Gasteiger partial charge in [-0.2, -0.15) is 11.8 Å². The first-order chi connectivity index (χ1) is 6.72. The maximum Gasteiger partial charge on any atom is 0.0471 e. The predicted molar refractivity (Wildman–Crippen MR) is 68.5 cm³/mol. The summed E-state index contributed by atoms with van der Waals surface area (Å²) in [6.07, 6.45) is 3.73. The second-order valence-electron chi connectivity index (χ2n) is 4.28. The number of alkyl halides is 1. The average molecular weight is 281 g/mol. The number of hydrogen-bond donors (Lipinski definition) is 0. The monoisotopic (exact) mass is 280 g/mol. The summed E-state index contributed by atoms with van der Waals surface area (Å²) in [5.41, 5.74) is 0.506. The van der Waals surface area contributed by atoms with E-state index >= 15 is 0 Å². The Morgan fingerprint density at radius 3 is 2.57 bits per heavy atom. The van der Waals surface area contributed by atoms with Crippen molar-refractivity contribution in [3.63, 3.8) is 0 Å². The van der Waals surface area contributed by atoms with E-state index in [0.29, 0.717) is 5.41 Å². The molecule has 0 spiro atoms. The summed E-state index contributed by atoms with van der Waals surface area (Å²) in [6, 6.07) is 0. The normalized spacial score (nSPS) is 23.4. The molecule has 1 unspecified atom stereocenters. The van der Waals surface area contributed by atoms with Crippen LogP contribution in [0.15, 0.2) is 0 Å². The topological polar surface area (TPSA) is 9.23 Å². The summed E-state index contributed by atoms with van der Waals surface area (Å²) in [4.78, 5) is 0. The molecule has 1 rings (SSSR count). The van der Waals surface area contributed by atoms with Crippen molar-refractivity contribution in [2.24, 2.45) is 5.41 Å². The van der Waals surface area contributed by atoms with Crippen LogP contribution < -0.4 is 0 Å². The van der Waals surface area contributed by atoms with E-state index in [1.54, 1.807) is 0 Å². The third-order valence-corrected chi connectivity index (χ3v) is 5.96. The third kappa shape index (κ3) is 3.74. The molecule has 1 aliphatic rings. The highest BCUT2D eigenvalue weighted by atomic mass is 79.9. The minimum atomic E-state index is 0.506. The van der Waals surface area contributed by atoms with E-state index in [2.05, 4.69) is 41.5 Å². The molecule has 1 nitrogen and oxygen atoms in total. The highest BCUT2D eigenvalue weighted by Crippen LogP contribution is 2.37. The lowest BCUT2D eigenvalue weighted by molar-refractivity contribution is 0.0374. The Labute approximate surface area is 100 Å². The first-order valence-corrected chi connectivity index (χ1v) is 7.65. The maximum absolute atomic E-state index is 5.43. The molecule has 1 atom stereocenters. The molecule has 0 saturated carbocycles. The van der Waals surface area contributed by atoms with Crippen molar-refractivity contribution in [2.45, 2.75) is 38.4 Å². The number of ether oxygens (including phenoxy) is 1. The Morgan fingerprint density at radius 2 is 2.07 bits per heavy atom. The van der Waals surface area contributed by atoms with Gasteiger partial charge >= 0.3 is 0 Å². The lowest BCUT2D eigenvalue weighted by Gasteiger charge is -2.36. The molecule has 1 fully saturated rings. The van der Waals surface area contributed by atoms with Crippen LogP contribution in [0.25, 0.3) is 0 Å². The van der Waals surface area contributed by atoms with E-state index in [0.717, 1.165) is 23.8 Å². The Bertz CT molecular complexity index is 157. The number of thioether (sulfide) groups is 1. The summed E-state index contributed by atoms with van der Waals surface area (Å²) >= 11 is 5.79. The lowest BCUT2D eigenvalue weighted by atomic mass is 9.85. The molecular weight excluding hydrogens is 260 g/mol. The standard InChI is InChI=1S/C11H21BrOS/c1-3-10(2)14-9-11(8-12)4-6-13-7-5-11/h10H,3-9H2,1-2H3. The van der Waals surface area contributed by atoms with E-state index in [-0.39, 0.29) is 0 Å². The lowest BCUT2D eigenvalue weighted by Crippen LogP contribution is -2.34. The molecule has 0 radical (unpaired) electrons. The quantitative estimate of drug-likeness (QED) is 0.710. The summed E-state index contributed by atoms with van der Waals surface area (Å²) in [5.74, 6) is 1.29. The minimum Gasteiger partial charge on any atom is -0.381 e. The molecule has 0 aromatic carbocycles. The van der Waals surface area contributed by atoms with Crippen LogP contribution in [0.4, 0.5) is 0 Å². The van der Waals surface area contributed by atoms with E-state index in [1.807, 2.05) is 0 Å². The van der Waals surface area contributed by atoms with Gasteiger partial charge in [0.2, 0.25) is 0 Å². The molecule has 0 N–H and O–H groups in total. The third-order valence-electron chi connectivity index (χ3n) is 3.09. The largest absolute Gasteiger partial charge is 0.381 e. The Hall–Kier alpha value is 0.790. The molecule has 3 heteroatoms. The van der Waals surface area contributed by atoms with Crippen LogP contribution in [0.3, 0.4) is 0 Å². The summed E-state index contributed by atoms with van der Waals surface area (Å²) in [7, 11) is 0. The zero-order valence-corrected chi connectivity index (χ0v) is 11.6. The van der Waals surface area contributed by atoms with E-state index < -0.39 is 0 Å². The van der Waals surface area contributed by atoms with Crippen molar-refractivity contribution >= 4 is 27.7 Å². The van der Waals surface area contributed by atoms with Gasteiger partial charge in [0.15, 0.2) is 0 Å². The molecule has 0 bridgehead atoms. The van der Waals surface area contributed by atoms with Crippen LogP contribution in [0.1, 0.15) is 33.1 Å². The van der Waals surface area contributed by atoms with Gasteiger partial charge in [0.05, 0.1) is 0 Å². The molecule has 0 aliphatic carbocycles. The molecule has 14 heavy (non-hydrogen) atoms. The Kier molecular flexibility index (Phi) is 5.87. The predicted octanol–water partition coefficient (Wildman–Crippen LogP) is 3.71. The molecule has 1 saturated heterocycles. The van der Waals surface area contributed by atoms with Gasteiger partial charge in [-0.25, -0.2) is 0 Å². The zero-order valence-electron chi connectivity index (χ0n) is 9.22. The maximum atomic E-state index is 5.43. The van der Waals surface area contributed by atoms with Crippen molar-refractivity contribution in [1.29, 1.82) is 0 Å². The second-order valence-corrected chi connectivity index (χ2v) is 6.26. The fourth-order valence-electron chi connectivity index (χ4n) is 1.56. The van der Waals surface area contributed by atoms with Crippen molar-refractivity contribution in [3.05, 3.63) is 0 Å². The Morgan fingerprint density at radius 1 is 1.43 bits per heavy atom. The van der Waals surface area contributed by atoms with Crippen LogP contribution in [0.2, 0.25) is 0 Å². The van der Waals surface area contributed by atoms with E-state index in [4.69, 9.17) is 4.74 Å². The van der Waals surface area contributed by atoms with Crippen LogP contribution >= 0.6 is 27.7 Å².